The number of rotatable bonds is 2. The zero-order valence-electron chi connectivity index (χ0n) is 10.3. The largest absolute Gasteiger partial charge is 0.400 e. The number of hydrogen-bond acceptors (Lipinski definition) is 4. The fraction of sp³-hybridized carbons (Fsp3) is 0.308. The SMILES string of the molecule is N/C(CO)=C1/CCNCC1=Nc1cccc(Cl)c1Cl. The number of benzene rings is 1. The van der Waals surface area contributed by atoms with Crippen LogP contribution in [0.1, 0.15) is 6.42 Å². The fourth-order valence-electron chi connectivity index (χ4n) is 1.94. The molecule has 1 aromatic carbocycles. The molecule has 1 heterocycles. The van der Waals surface area contributed by atoms with Crippen LogP contribution in [0.2, 0.25) is 10.0 Å². The minimum absolute atomic E-state index is 0.169. The second-order valence-electron chi connectivity index (χ2n) is 4.22. The lowest BCUT2D eigenvalue weighted by atomic mass is 10.0. The molecule has 0 saturated carbocycles. The van der Waals surface area contributed by atoms with Crippen LogP contribution in [0.4, 0.5) is 5.69 Å². The molecular formula is C13H15Cl2N3O. The van der Waals surface area contributed by atoms with Crippen LogP contribution < -0.4 is 11.1 Å². The highest BCUT2D eigenvalue weighted by Gasteiger charge is 2.16. The van der Waals surface area contributed by atoms with Crippen LogP contribution in [0.3, 0.4) is 0 Å². The number of aliphatic hydroxyl groups excluding tert-OH is 1. The van der Waals surface area contributed by atoms with Crippen molar-refractivity contribution in [3.63, 3.8) is 0 Å². The summed E-state index contributed by atoms with van der Waals surface area (Å²) in [5.74, 6) is 0. The maximum absolute atomic E-state index is 9.16. The molecule has 1 fully saturated rings. The molecule has 0 aromatic heterocycles. The molecule has 6 heteroatoms. The maximum atomic E-state index is 9.16. The number of halogens is 2. The average Bonchev–Trinajstić information content (AvgIpc) is 2.43. The monoisotopic (exact) mass is 299 g/mol. The Balaban J connectivity index is 2.43. The van der Waals surface area contributed by atoms with E-state index >= 15 is 0 Å². The van der Waals surface area contributed by atoms with Gasteiger partial charge in [0.2, 0.25) is 0 Å². The van der Waals surface area contributed by atoms with Crippen molar-refractivity contribution in [3.8, 4) is 0 Å². The molecule has 1 aliphatic rings. The molecule has 1 saturated heterocycles. The van der Waals surface area contributed by atoms with E-state index in [0.717, 1.165) is 24.3 Å². The van der Waals surface area contributed by atoms with Crippen LogP contribution >= 0.6 is 23.2 Å². The smallest absolute Gasteiger partial charge is 0.0848 e. The molecule has 1 aromatic rings. The fourth-order valence-corrected chi connectivity index (χ4v) is 2.28. The second-order valence-corrected chi connectivity index (χ2v) is 5.01. The molecule has 0 bridgehead atoms. The first-order valence-corrected chi connectivity index (χ1v) is 6.70. The van der Waals surface area contributed by atoms with Crippen LogP contribution in [0, 0.1) is 0 Å². The molecule has 4 nitrogen and oxygen atoms in total. The molecule has 1 aliphatic heterocycles. The van der Waals surface area contributed by atoms with E-state index in [0.29, 0.717) is 28.0 Å². The zero-order valence-corrected chi connectivity index (χ0v) is 11.8. The summed E-state index contributed by atoms with van der Waals surface area (Å²) in [5, 5.41) is 13.3. The van der Waals surface area contributed by atoms with Gasteiger partial charge in [-0.05, 0) is 30.7 Å². The standard InChI is InChI=1S/C13H15Cl2N3O/c14-9-2-1-3-11(13(9)15)18-12-6-17-5-4-8(12)10(16)7-19/h1-3,17,19H,4-7,16H2/b10-8-,18-12?. The Labute approximate surface area is 121 Å². The Kier molecular flexibility index (Phi) is 4.82. The van der Waals surface area contributed by atoms with Crippen molar-refractivity contribution < 1.29 is 5.11 Å². The summed E-state index contributed by atoms with van der Waals surface area (Å²) in [6.07, 6.45) is 0.739. The first-order chi connectivity index (χ1) is 9.13. The summed E-state index contributed by atoms with van der Waals surface area (Å²) in [6.45, 7) is 1.24. The van der Waals surface area contributed by atoms with E-state index in [1.165, 1.54) is 0 Å². The van der Waals surface area contributed by atoms with Crippen molar-refractivity contribution in [2.24, 2.45) is 10.7 Å². The minimum Gasteiger partial charge on any atom is -0.400 e. The zero-order chi connectivity index (χ0) is 13.8. The summed E-state index contributed by atoms with van der Waals surface area (Å²) < 4.78 is 0. The summed E-state index contributed by atoms with van der Waals surface area (Å²) >= 11 is 12.1. The van der Waals surface area contributed by atoms with E-state index in [2.05, 4.69) is 10.3 Å². The van der Waals surface area contributed by atoms with Gasteiger partial charge in [-0.3, -0.25) is 4.99 Å². The van der Waals surface area contributed by atoms with E-state index < -0.39 is 0 Å². The number of nitrogens with one attached hydrogen (secondary N) is 1. The van der Waals surface area contributed by atoms with Gasteiger partial charge < -0.3 is 16.2 Å². The Morgan fingerprint density at radius 3 is 2.95 bits per heavy atom. The summed E-state index contributed by atoms with van der Waals surface area (Å²) in [7, 11) is 0. The molecule has 19 heavy (non-hydrogen) atoms. The van der Waals surface area contributed by atoms with E-state index in [4.69, 9.17) is 34.0 Å². The second kappa shape index (κ2) is 6.39. The highest BCUT2D eigenvalue weighted by atomic mass is 35.5. The van der Waals surface area contributed by atoms with E-state index in [1.807, 2.05) is 0 Å². The number of nitrogens with zero attached hydrogens (tertiary/aromatic N) is 1. The van der Waals surface area contributed by atoms with Crippen molar-refractivity contribution in [2.45, 2.75) is 6.42 Å². The lowest BCUT2D eigenvalue weighted by Gasteiger charge is -2.20. The Bertz CT molecular complexity index is 541. The van der Waals surface area contributed by atoms with Crippen molar-refractivity contribution in [2.75, 3.05) is 19.7 Å². The van der Waals surface area contributed by atoms with Gasteiger partial charge in [0.15, 0.2) is 0 Å². The summed E-state index contributed by atoms with van der Waals surface area (Å²) in [5.41, 5.74) is 8.57. The molecule has 0 aliphatic carbocycles. The molecule has 0 amide bonds. The third-order valence-corrected chi connectivity index (χ3v) is 3.75. The number of piperidine rings is 1. The van der Waals surface area contributed by atoms with Crippen LogP contribution in [-0.2, 0) is 0 Å². The van der Waals surface area contributed by atoms with Gasteiger partial charge in [0.05, 0.1) is 28.1 Å². The molecule has 0 atom stereocenters. The minimum atomic E-state index is -0.169. The van der Waals surface area contributed by atoms with Crippen LogP contribution in [0.25, 0.3) is 0 Å². The summed E-state index contributed by atoms with van der Waals surface area (Å²) in [6, 6.07) is 5.30. The van der Waals surface area contributed by atoms with Crippen molar-refractivity contribution >= 4 is 34.6 Å². The van der Waals surface area contributed by atoms with Crippen molar-refractivity contribution in [3.05, 3.63) is 39.5 Å². The number of aliphatic imine (C=N–C) groups is 1. The Morgan fingerprint density at radius 1 is 1.42 bits per heavy atom. The normalized spacial score (nSPS) is 20.7. The third-order valence-electron chi connectivity index (χ3n) is 2.94. The first-order valence-electron chi connectivity index (χ1n) is 5.94. The predicted octanol–water partition coefficient (Wildman–Crippen LogP) is 2.26. The number of aliphatic hydroxyl groups is 1. The van der Waals surface area contributed by atoms with Crippen molar-refractivity contribution in [1.82, 2.24) is 5.32 Å². The van der Waals surface area contributed by atoms with Crippen LogP contribution in [0.5, 0.6) is 0 Å². The molecular weight excluding hydrogens is 285 g/mol. The van der Waals surface area contributed by atoms with E-state index in [9.17, 15) is 0 Å². The van der Waals surface area contributed by atoms with Crippen LogP contribution in [-0.4, -0.2) is 30.5 Å². The van der Waals surface area contributed by atoms with Gasteiger partial charge in [0, 0.05) is 12.2 Å². The van der Waals surface area contributed by atoms with Gasteiger partial charge in [0.1, 0.15) is 0 Å². The van der Waals surface area contributed by atoms with E-state index in [1.54, 1.807) is 18.2 Å². The van der Waals surface area contributed by atoms with E-state index in [-0.39, 0.29) is 6.61 Å². The summed E-state index contributed by atoms with van der Waals surface area (Å²) in [4.78, 5) is 4.52. The highest BCUT2D eigenvalue weighted by molar-refractivity contribution is 6.43. The molecule has 2 rings (SSSR count). The van der Waals surface area contributed by atoms with Gasteiger partial charge in [-0.1, -0.05) is 29.3 Å². The van der Waals surface area contributed by atoms with Gasteiger partial charge >= 0.3 is 0 Å². The van der Waals surface area contributed by atoms with Crippen LogP contribution in [0.15, 0.2) is 34.5 Å². The molecule has 0 unspecified atom stereocenters. The average molecular weight is 300 g/mol. The number of hydrogen-bond donors (Lipinski definition) is 3. The highest BCUT2D eigenvalue weighted by Crippen LogP contribution is 2.32. The molecule has 102 valence electrons. The molecule has 0 spiro atoms. The van der Waals surface area contributed by atoms with Crippen molar-refractivity contribution in [1.29, 1.82) is 0 Å². The Hall–Kier alpha value is -1.07. The predicted molar refractivity (Wildman–Crippen MR) is 79.3 cm³/mol. The van der Waals surface area contributed by atoms with Gasteiger partial charge in [0.25, 0.3) is 0 Å². The molecule has 0 radical (unpaired) electrons. The van der Waals surface area contributed by atoms with Gasteiger partial charge in [-0.25, -0.2) is 0 Å². The topological polar surface area (TPSA) is 70.6 Å². The molecule has 4 N–H and O–H groups in total. The lowest BCUT2D eigenvalue weighted by molar-refractivity contribution is 0.328. The maximum Gasteiger partial charge on any atom is 0.0848 e. The number of nitrogens with two attached hydrogens (primary N) is 1. The van der Waals surface area contributed by atoms with Gasteiger partial charge in [-0.2, -0.15) is 0 Å². The van der Waals surface area contributed by atoms with Gasteiger partial charge in [-0.15, -0.1) is 0 Å². The Morgan fingerprint density at radius 2 is 2.21 bits per heavy atom. The first kappa shape index (κ1) is 14.3. The third kappa shape index (κ3) is 3.28. The quantitative estimate of drug-likeness (QED) is 0.784. The lowest BCUT2D eigenvalue weighted by Crippen LogP contribution is -2.34.